The normalized spacial score (nSPS) is 8.14. The van der Waals surface area contributed by atoms with Crippen molar-refractivity contribution in [2.45, 2.75) is 31.8 Å². The maximum absolute atomic E-state index is 9.25. The van der Waals surface area contributed by atoms with Crippen molar-refractivity contribution in [3.05, 3.63) is 52.1 Å². The molecular formula is C17H14Co2O8Si. The third-order valence-electron chi connectivity index (χ3n) is 1.10. The minimum Gasteiger partial charge on any atom is 0 e. The summed E-state index contributed by atoms with van der Waals surface area (Å²) < 4.78 is 45.0. The van der Waals surface area contributed by atoms with Crippen LogP contribution < -0.4 is 0 Å². The zero-order valence-electron chi connectivity index (χ0n) is 14.7. The zero-order chi connectivity index (χ0) is 23.2. The molecule has 0 aromatic carbocycles. The first-order valence-electron chi connectivity index (χ1n) is 5.43. The molecule has 0 aliphatic heterocycles. The van der Waals surface area contributed by atoms with Gasteiger partial charge in [-0.15, -0.1) is 12.0 Å². The molecule has 0 spiro atoms. The van der Waals surface area contributed by atoms with Gasteiger partial charge in [-0.05, 0) is 0 Å². The number of aliphatic hydroxyl groups excluding tert-OH is 2. The van der Waals surface area contributed by atoms with Crippen LogP contribution in [-0.2, 0) is 61.5 Å². The van der Waals surface area contributed by atoms with Crippen molar-refractivity contribution in [3.63, 3.8) is 0 Å². The Morgan fingerprint density at radius 3 is 1.14 bits per heavy atom. The molecule has 8 nitrogen and oxygen atoms in total. The molecule has 0 aromatic rings. The maximum atomic E-state index is 9.25. The van der Waals surface area contributed by atoms with Gasteiger partial charge in [-0.2, -0.15) is 0 Å². The fourth-order valence-electron chi connectivity index (χ4n) is 0.520. The van der Waals surface area contributed by atoms with Gasteiger partial charge < -0.3 is 10.2 Å². The molecule has 0 saturated heterocycles. The van der Waals surface area contributed by atoms with Crippen LogP contribution in [0.5, 0.6) is 0 Å². The predicted molar refractivity (Wildman–Crippen MR) is 82.0 cm³/mol. The first kappa shape index (κ1) is 56.3. The van der Waals surface area contributed by atoms with Gasteiger partial charge in [-0.1, -0.05) is 31.5 Å². The first-order valence-corrected chi connectivity index (χ1v) is 8.93. The van der Waals surface area contributed by atoms with E-state index in [1.807, 2.05) is 5.92 Å². The minimum atomic E-state index is -1.48. The summed E-state index contributed by atoms with van der Waals surface area (Å²) in [4.78, 5) is 0. The molecule has 0 heterocycles. The molecule has 2 N–H and O–H groups in total. The van der Waals surface area contributed by atoms with Crippen molar-refractivity contribution >= 4 is 8.07 Å². The fourth-order valence-corrected chi connectivity index (χ4v) is 1.09. The molecule has 0 aliphatic carbocycles. The van der Waals surface area contributed by atoms with Gasteiger partial charge in [0.2, 0.25) is 0 Å². The van der Waals surface area contributed by atoms with Gasteiger partial charge in [0.1, 0.15) is 20.3 Å². The molecule has 0 amide bonds. The quantitative estimate of drug-likeness (QED) is 0.243. The Morgan fingerprint density at radius 2 is 0.929 bits per heavy atom. The Balaban J connectivity index is -0.0000000315. The van der Waals surface area contributed by atoms with Crippen LogP contribution >= 0.6 is 0 Å². The van der Waals surface area contributed by atoms with Gasteiger partial charge in [0, 0.05) is 45.7 Å². The second kappa shape index (κ2) is 63.7. The maximum Gasteiger partial charge on any atom is 0 e. The van der Waals surface area contributed by atoms with Crippen molar-refractivity contribution in [1.82, 2.24) is 0 Å². The fraction of sp³-hybridized carbons (Fsp3) is 0.294. The molecule has 4 radical (unpaired) electrons. The summed E-state index contributed by atoms with van der Waals surface area (Å²) in [6.45, 7) is 33.2. The molecule has 0 fully saturated rings. The molecule has 0 bridgehead atoms. The van der Waals surface area contributed by atoms with Gasteiger partial charge in [-0.3, -0.25) is 0 Å². The smallest absolute Gasteiger partial charge is 0 e. The zero-order valence-corrected chi connectivity index (χ0v) is 17.8. The molecule has 28 heavy (non-hydrogen) atoms. The Bertz CT molecular complexity index is 491. The van der Waals surface area contributed by atoms with E-state index < -0.39 is 20.3 Å². The predicted octanol–water partition coefficient (Wildman–Crippen LogP) is 0.155. The Hall–Kier alpha value is -1.55. The van der Waals surface area contributed by atoms with Crippen LogP contribution in [0.25, 0.3) is 0 Å². The van der Waals surface area contributed by atoms with Crippen LogP contribution in [0.1, 0.15) is 0 Å². The minimum absolute atomic E-state index is 0. The van der Waals surface area contributed by atoms with Crippen LogP contribution in [0, 0.1) is 75.9 Å². The number of hydrogen-bond acceptors (Lipinski definition) is 2. The summed E-state index contributed by atoms with van der Waals surface area (Å²) in [6.07, 6.45) is 7.41. The van der Waals surface area contributed by atoms with Crippen LogP contribution in [-0.4, -0.2) is 30.5 Å². The van der Waals surface area contributed by atoms with Crippen molar-refractivity contribution in [2.24, 2.45) is 0 Å². The van der Waals surface area contributed by atoms with Gasteiger partial charge in [-0.25, -0.2) is 0 Å². The van der Waals surface area contributed by atoms with Gasteiger partial charge in [0.25, 0.3) is 0 Å². The molecule has 0 unspecified atom stereocenters. The van der Waals surface area contributed by atoms with E-state index in [0.717, 1.165) is 0 Å². The first-order chi connectivity index (χ1) is 12.3. The van der Waals surface area contributed by atoms with Crippen molar-refractivity contribution < 1.29 is 71.7 Å². The summed E-state index contributed by atoms with van der Waals surface area (Å²) in [7, 11) is -1.48. The third kappa shape index (κ3) is 103. The van der Waals surface area contributed by atoms with E-state index in [-0.39, 0.29) is 33.6 Å². The average molecular weight is 492 g/mol. The molecule has 11 heteroatoms. The van der Waals surface area contributed by atoms with E-state index in [1.54, 1.807) is 0 Å². The van der Waals surface area contributed by atoms with Crippen LogP contribution in [0.15, 0.2) is 0 Å². The standard InChI is InChI=1S/C11H14O2Si.6CO.2Co/c1-5-10(12)6-7-11(13)8-9-14(2,3)4;6*1-2;;/h1,10-13H,2-4H3;;;;;;;;/t10-,11+;;;;;;;;/m1......../s1. The summed E-state index contributed by atoms with van der Waals surface area (Å²) in [5.74, 6) is 4.64. The summed E-state index contributed by atoms with van der Waals surface area (Å²) in [6, 6.07) is 0. The van der Waals surface area contributed by atoms with E-state index in [2.05, 4.69) is 83.2 Å². The number of hydrogen-bond donors (Lipinski definition) is 2. The van der Waals surface area contributed by atoms with Crippen LogP contribution in [0.3, 0.4) is 0 Å². The van der Waals surface area contributed by atoms with Crippen LogP contribution in [0.2, 0.25) is 19.6 Å². The molecule has 0 aromatic heterocycles. The average Bonchev–Trinajstić information content (AvgIpc) is 2.73. The van der Waals surface area contributed by atoms with Gasteiger partial charge in [0.15, 0.2) is 0 Å². The van der Waals surface area contributed by atoms with E-state index in [9.17, 15) is 5.11 Å². The van der Waals surface area contributed by atoms with E-state index in [1.165, 1.54) is 0 Å². The van der Waals surface area contributed by atoms with Crippen molar-refractivity contribution in [3.8, 4) is 23.8 Å². The van der Waals surface area contributed by atoms with Crippen LogP contribution in [0.4, 0.5) is 0 Å². The number of aliphatic hydroxyl groups is 2. The Labute approximate surface area is 187 Å². The van der Waals surface area contributed by atoms with Crippen molar-refractivity contribution in [1.29, 1.82) is 0 Å². The summed E-state index contributed by atoms with van der Waals surface area (Å²) in [5, 5.41) is 18.1. The summed E-state index contributed by atoms with van der Waals surface area (Å²) in [5.41, 5.74) is 2.97. The third-order valence-corrected chi connectivity index (χ3v) is 1.99. The second-order valence-corrected chi connectivity index (χ2v) is 8.53. The Kier molecular flexibility index (Phi) is 128. The van der Waals surface area contributed by atoms with E-state index in [4.69, 9.17) is 39.4 Å². The van der Waals surface area contributed by atoms with Crippen molar-refractivity contribution in [2.75, 3.05) is 0 Å². The molecule has 152 valence electrons. The van der Waals surface area contributed by atoms with E-state index >= 15 is 0 Å². The monoisotopic (exact) mass is 492 g/mol. The molecule has 0 rings (SSSR count). The number of rotatable bonds is 2. The van der Waals surface area contributed by atoms with Gasteiger partial charge >= 0.3 is 67.8 Å². The molecule has 0 aliphatic rings. The SMILES string of the molecule is C#C[C@@H](O)[C]=[C][C@H](O)C#C[Si](C)(C)C.[C-]#[O+].[C-]#[O+].[C-]#[O+].[C-]#[O+].[C-]#[O+].[C-]#[O+].[Co].[Co]. The second-order valence-electron chi connectivity index (χ2n) is 3.78. The molecular weight excluding hydrogens is 478 g/mol. The van der Waals surface area contributed by atoms with E-state index in [0.29, 0.717) is 0 Å². The molecule has 0 saturated carbocycles. The summed E-state index contributed by atoms with van der Waals surface area (Å²) >= 11 is 0. The number of terminal acetylenes is 1. The molecule has 2 atom stereocenters. The largest absolute Gasteiger partial charge is 0 e. The topological polar surface area (TPSA) is 160 Å². The Morgan fingerprint density at radius 1 is 0.679 bits per heavy atom. The van der Waals surface area contributed by atoms with Gasteiger partial charge in [0.05, 0.1) is 0 Å².